The van der Waals surface area contributed by atoms with Gasteiger partial charge in [-0.25, -0.2) is 13.2 Å². The Balaban J connectivity index is 1.62. The average Bonchev–Trinajstić information content (AvgIpc) is 3.24. The minimum atomic E-state index is -3.92. The third kappa shape index (κ3) is 4.48. The molecule has 0 spiro atoms. The number of nitrogens with zero attached hydrogens (tertiary/aromatic N) is 2. The molecule has 1 amide bonds. The van der Waals surface area contributed by atoms with Crippen LogP contribution in [0, 0.1) is 0 Å². The van der Waals surface area contributed by atoms with Gasteiger partial charge in [0.15, 0.2) is 0 Å². The van der Waals surface area contributed by atoms with Crippen LogP contribution < -0.4 is 4.90 Å². The van der Waals surface area contributed by atoms with Crippen molar-refractivity contribution < 1.29 is 22.7 Å². The van der Waals surface area contributed by atoms with Crippen molar-refractivity contribution in [3.8, 4) is 0 Å². The normalized spacial score (nSPS) is 18.9. The lowest BCUT2D eigenvalue weighted by atomic mass is 10.1. The Morgan fingerprint density at radius 2 is 1.70 bits per heavy atom. The van der Waals surface area contributed by atoms with Crippen LogP contribution in [0.1, 0.15) is 16.8 Å². The van der Waals surface area contributed by atoms with Crippen LogP contribution in [0.2, 0.25) is 0 Å². The molecule has 3 aromatic rings. The van der Waals surface area contributed by atoms with E-state index < -0.39 is 22.0 Å². The van der Waals surface area contributed by atoms with Crippen molar-refractivity contribution in [1.82, 2.24) is 4.31 Å². The van der Waals surface area contributed by atoms with E-state index >= 15 is 0 Å². The van der Waals surface area contributed by atoms with Crippen molar-refractivity contribution in [2.45, 2.75) is 22.6 Å². The average molecular weight is 485 g/mol. The molecule has 7 nitrogen and oxygen atoms in total. The molecule has 0 saturated carbocycles. The van der Waals surface area contributed by atoms with E-state index in [4.69, 9.17) is 4.74 Å². The standard InChI is InChI=1S/C24H24N2O5S2/c1-25(19-10-7-17(8-11-19)24(28)31-2)23(27)22-14-20(32)15-26(22)33(29,30)21-12-9-16-5-3-4-6-18(16)13-21/h3-13,20,22,32H,14-15H2,1-2H3/t20-,22+/m1/s1. The maximum absolute atomic E-state index is 13.5. The van der Waals surface area contributed by atoms with E-state index in [-0.39, 0.29) is 22.6 Å². The third-order valence-electron chi connectivity index (χ3n) is 5.85. The molecule has 9 heteroatoms. The molecule has 1 saturated heterocycles. The summed E-state index contributed by atoms with van der Waals surface area (Å²) in [6, 6.07) is 18.0. The SMILES string of the molecule is COC(=O)c1ccc(N(C)C(=O)[C@@H]2C[C@@H](S)CN2S(=O)(=O)c2ccc3ccccc3c2)cc1. The highest BCUT2D eigenvalue weighted by atomic mass is 32.2. The van der Waals surface area contributed by atoms with Gasteiger partial charge in [0.1, 0.15) is 6.04 Å². The first-order valence-corrected chi connectivity index (χ1v) is 12.3. The molecule has 172 valence electrons. The van der Waals surface area contributed by atoms with E-state index in [1.807, 2.05) is 24.3 Å². The van der Waals surface area contributed by atoms with Crippen LogP contribution in [-0.2, 0) is 19.6 Å². The van der Waals surface area contributed by atoms with Crippen molar-refractivity contribution >= 4 is 51.0 Å². The fourth-order valence-electron chi connectivity index (χ4n) is 4.03. The molecule has 3 aromatic carbocycles. The van der Waals surface area contributed by atoms with Crippen molar-refractivity contribution in [3.05, 3.63) is 72.3 Å². The van der Waals surface area contributed by atoms with Gasteiger partial charge < -0.3 is 9.64 Å². The van der Waals surface area contributed by atoms with Crippen LogP contribution in [-0.4, -0.2) is 56.6 Å². The number of amides is 1. The number of carbonyl (C=O) groups is 2. The Labute approximate surface area is 198 Å². The lowest BCUT2D eigenvalue weighted by Crippen LogP contribution is -2.46. The van der Waals surface area contributed by atoms with E-state index in [2.05, 4.69) is 12.6 Å². The monoisotopic (exact) mass is 484 g/mol. The molecule has 0 bridgehead atoms. The van der Waals surface area contributed by atoms with E-state index in [9.17, 15) is 18.0 Å². The Morgan fingerprint density at radius 1 is 1.03 bits per heavy atom. The predicted octanol–water partition coefficient (Wildman–Crippen LogP) is 3.35. The summed E-state index contributed by atoms with van der Waals surface area (Å²) in [5.74, 6) is -0.835. The molecule has 0 aromatic heterocycles. The second-order valence-corrected chi connectivity index (χ2v) is 10.5. The van der Waals surface area contributed by atoms with Crippen molar-refractivity contribution in [2.75, 3.05) is 25.6 Å². The molecule has 1 fully saturated rings. The molecule has 33 heavy (non-hydrogen) atoms. The summed E-state index contributed by atoms with van der Waals surface area (Å²) >= 11 is 4.48. The molecule has 0 radical (unpaired) electrons. The van der Waals surface area contributed by atoms with Gasteiger partial charge in [0.05, 0.1) is 17.6 Å². The molecular weight excluding hydrogens is 460 g/mol. The minimum absolute atomic E-state index is 0.143. The molecule has 1 aliphatic heterocycles. The highest BCUT2D eigenvalue weighted by molar-refractivity contribution is 7.89. The molecule has 1 heterocycles. The predicted molar refractivity (Wildman–Crippen MR) is 130 cm³/mol. The van der Waals surface area contributed by atoms with E-state index in [1.54, 1.807) is 49.5 Å². The Hall–Kier alpha value is -2.88. The maximum atomic E-state index is 13.5. The van der Waals surface area contributed by atoms with E-state index in [1.165, 1.54) is 16.3 Å². The zero-order valence-electron chi connectivity index (χ0n) is 18.2. The first-order chi connectivity index (χ1) is 15.7. The number of likely N-dealkylation sites (N-methyl/N-ethyl adjacent to an activating group) is 1. The van der Waals surface area contributed by atoms with Crippen LogP contribution in [0.5, 0.6) is 0 Å². The van der Waals surface area contributed by atoms with Gasteiger partial charge in [-0.05, 0) is 53.6 Å². The van der Waals surface area contributed by atoms with Crippen LogP contribution in [0.25, 0.3) is 10.8 Å². The molecule has 0 aliphatic carbocycles. The number of ether oxygens (including phenoxy) is 1. The number of esters is 1. The lowest BCUT2D eigenvalue weighted by Gasteiger charge is -2.27. The number of hydrogen-bond donors (Lipinski definition) is 1. The minimum Gasteiger partial charge on any atom is -0.465 e. The highest BCUT2D eigenvalue weighted by Crippen LogP contribution is 2.32. The lowest BCUT2D eigenvalue weighted by molar-refractivity contribution is -0.121. The Morgan fingerprint density at radius 3 is 2.36 bits per heavy atom. The van der Waals surface area contributed by atoms with Crippen molar-refractivity contribution in [1.29, 1.82) is 0 Å². The molecule has 0 N–H and O–H groups in total. The molecule has 1 aliphatic rings. The van der Waals surface area contributed by atoms with Gasteiger partial charge in [-0.2, -0.15) is 16.9 Å². The van der Waals surface area contributed by atoms with Gasteiger partial charge in [0.25, 0.3) is 0 Å². The summed E-state index contributed by atoms with van der Waals surface area (Å²) in [7, 11) is -1.04. The Kier molecular flexibility index (Phi) is 6.47. The molecular formula is C24H24N2O5S2. The van der Waals surface area contributed by atoms with E-state index in [0.29, 0.717) is 17.7 Å². The quantitative estimate of drug-likeness (QED) is 0.444. The fourth-order valence-corrected chi connectivity index (χ4v) is 6.19. The fraction of sp³-hybridized carbons (Fsp3) is 0.250. The zero-order valence-corrected chi connectivity index (χ0v) is 19.9. The van der Waals surface area contributed by atoms with Crippen LogP contribution >= 0.6 is 12.6 Å². The van der Waals surface area contributed by atoms with Gasteiger partial charge in [-0.3, -0.25) is 4.79 Å². The highest BCUT2D eigenvalue weighted by Gasteiger charge is 2.44. The van der Waals surface area contributed by atoms with Gasteiger partial charge in [0.2, 0.25) is 15.9 Å². The summed E-state index contributed by atoms with van der Waals surface area (Å²) in [5, 5.41) is 1.49. The number of anilines is 1. The number of methoxy groups -OCH3 is 1. The van der Waals surface area contributed by atoms with Crippen LogP contribution in [0.4, 0.5) is 5.69 Å². The van der Waals surface area contributed by atoms with Crippen molar-refractivity contribution in [2.24, 2.45) is 0 Å². The largest absolute Gasteiger partial charge is 0.465 e. The third-order valence-corrected chi connectivity index (χ3v) is 8.10. The second kappa shape index (κ2) is 9.17. The van der Waals surface area contributed by atoms with E-state index in [0.717, 1.165) is 10.8 Å². The maximum Gasteiger partial charge on any atom is 0.337 e. The molecule has 2 atom stereocenters. The number of sulfonamides is 1. The number of benzene rings is 3. The van der Waals surface area contributed by atoms with Gasteiger partial charge in [-0.1, -0.05) is 30.3 Å². The van der Waals surface area contributed by atoms with Gasteiger partial charge >= 0.3 is 5.97 Å². The molecule has 4 rings (SSSR count). The van der Waals surface area contributed by atoms with Crippen LogP contribution in [0.15, 0.2) is 71.6 Å². The first-order valence-electron chi connectivity index (χ1n) is 10.4. The number of hydrogen-bond acceptors (Lipinski definition) is 6. The van der Waals surface area contributed by atoms with Crippen molar-refractivity contribution in [3.63, 3.8) is 0 Å². The first kappa shape index (κ1) is 23.3. The van der Waals surface area contributed by atoms with Gasteiger partial charge in [0, 0.05) is 24.5 Å². The van der Waals surface area contributed by atoms with Crippen LogP contribution in [0.3, 0.4) is 0 Å². The summed E-state index contributed by atoms with van der Waals surface area (Å²) in [6.45, 7) is 0.143. The number of carbonyl (C=O) groups excluding carboxylic acids is 2. The summed E-state index contributed by atoms with van der Waals surface area (Å²) in [4.78, 5) is 26.6. The summed E-state index contributed by atoms with van der Waals surface area (Å²) in [6.07, 6.45) is 0.305. The van der Waals surface area contributed by atoms with Gasteiger partial charge in [-0.15, -0.1) is 0 Å². The number of rotatable bonds is 5. The second-order valence-electron chi connectivity index (χ2n) is 7.92. The summed E-state index contributed by atoms with van der Waals surface area (Å²) < 4.78 is 33.0. The molecule has 0 unspecified atom stereocenters. The number of fused-ring (bicyclic) bond motifs is 1. The number of thiol groups is 1. The Bertz CT molecular complexity index is 1310. The smallest absolute Gasteiger partial charge is 0.337 e. The summed E-state index contributed by atoms with van der Waals surface area (Å²) in [5.41, 5.74) is 0.900. The zero-order chi connectivity index (χ0) is 23.8. The topological polar surface area (TPSA) is 84.0 Å².